The van der Waals surface area contributed by atoms with Crippen LogP contribution in [0.3, 0.4) is 0 Å². The molecule has 0 saturated carbocycles. The molecule has 0 N–H and O–H groups in total. The topological polar surface area (TPSA) is 3.24 Å². The van der Waals surface area contributed by atoms with Crippen LogP contribution in [0.2, 0.25) is 0 Å². The minimum atomic E-state index is 1.10. The van der Waals surface area contributed by atoms with E-state index in [4.69, 9.17) is 0 Å². The van der Waals surface area contributed by atoms with Crippen molar-refractivity contribution >= 4 is 27.3 Å². The van der Waals surface area contributed by atoms with Gasteiger partial charge in [0, 0.05) is 11.4 Å². The third kappa shape index (κ3) is 2.68. The number of likely N-dealkylation sites (tertiary alicyclic amines) is 1. The predicted molar refractivity (Wildman–Crippen MR) is 82.0 cm³/mol. The van der Waals surface area contributed by atoms with Crippen molar-refractivity contribution in [3.8, 4) is 11.1 Å². The van der Waals surface area contributed by atoms with E-state index in [0.717, 1.165) is 6.54 Å². The van der Waals surface area contributed by atoms with E-state index in [2.05, 4.69) is 57.2 Å². The van der Waals surface area contributed by atoms with E-state index >= 15 is 0 Å². The van der Waals surface area contributed by atoms with Crippen molar-refractivity contribution in [1.29, 1.82) is 0 Å². The minimum Gasteiger partial charge on any atom is -0.298 e. The van der Waals surface area contributed by atoms with E-state index < -0.39 is 0 Å². The van der Waals surface area contributed by atoms with Crippen LogP contribution in [-0.2, 0) is 6.54 Å². The Hall–Kier alpha value is -0.640. The molecule has 0 radical (unpaired) electrons. The van der Waals surface area contributed by atoms with Crippen molar-refractivity contribution in [2.24, 2.45) is 0 Å². The van der Waals surface area contributed by atoms with Crippen molar-refractivity contribution in [2.75, 3.05) is 13.1 Å². The Labute approximate surface area is 121 Å². The third-order valence-corrected chi connectivity index (χ3v) is 5.05. The minimum absolute atomic E-state index is 1.10. The summed E-state index contributed by atoms with van der Waals surface area (Å²) in [5.74, 6) is 0. The first kappa shape index (κ1) is 12.4. The molecule has 1 saturated heterocycles. The third-order valence-electron chi connectivity index (χ3n) is 3.43. The maximum absolute atomic E-state index is 3.63. The molecule has 0 bridgehead atoms. The second kappa shape index (κ2) is 5.55. The number of halogens is 1. The largest absolute Gasteiger partial charge is 0.298 e. The van der Waals surface area contributed by atoms with Crippen molar-refractivity contribution in [1.82, 2.24) is 4.90 Å². The quantitative estimate of drug-likeness (QED) is 0.786. The van der Waals surface area contributed by atoms with Gasteiger partial charge in [0.05, 0.1) is 3.79 Å². The Balaban J connectivity index is 1.89. The molecule has 1 aromatic heterocycles. The number of benzene rings is 1. The molecule has 0 spiro atoms. The molecular formula is C15H16BrNS. The van der Waals surface area contributed by atoms with Gasteiger partial charge >= 0.3 is 0 Å². The number of rotatable bonds is 3. The average molecular weight is 322 g/mol. The zero-order valence-corrected chi connectivity index (χ0v) is 12.6. The molecule has 1 aromatic carbocycles. The fourth-order valence-corrected chi connectivity index (χ4v) is 4.28. The van der Waals surface area contributed by atoms with E-state index in [-0.39, 0.29) is 0 Å². The zero-order valence-electron chi connectivity index (χ0n) is 10.2. The first-order valence-corrected chi connectivity index (χ1v) is 8.00. The molecule has 2 heterocycles. The van der Waals surface area contributed by atoms with Crippen LogP contribution in [0.4, 0.5) is 0 Å². The summed E-state index contributed by atoms with van der Waals surface area (Å²) in [5.41, 5.74) is 2.72. The Morgan fingerprint density at radius 3 is 2.56 bits per heavy atom. The molecule has 1 aliphatic rings. The van der Waals surface area contributed by atoms with Crippen LogP contribution in [0.1, 0.15) is 17.7 Å². The van der Waals surface area contributed by atoms with Gasteiger partial charge in [-0.25, -0.2) is 0 Å². The van der Waals surface area contributed by atoms with E-state index in [0.29, 0.717) is 0 Å². The van der Waals surface area contributed by atoms with Gasteiger partial charge in [-0.05, 0) is 59.1 Å². The van der Waals surface area contributed by atoms with E-state index in [1.807, 2.05) is 11.3 Å². The van der Waals surface area contributed by atoms with E-state index in [9.17, 15) is 0 Å². The van der Waals surface area contributed by atoms with Crippen LogP contribution in [0.15, 0.2) is 40.2 Å². The molecule has 0 amide bonds. The number of hydrogen-bond acceptors (Lipinski definition) is 2. The number of thiophene rings is 1. The number of nitrogens with zero attached hydrogens (tertiary/aromatic N) is 1. The molecule has 1 nitrogen and oxygen atoms in total. The van der Waals surface area contributed by atoms with Gasteiger partial charge in [0.2, 0.25) is 0 Å². The highest BCUT2D eigenvalue weighted by Gasteiger charge is 2.16. The molecule has 94 valence electrons. The van der Waals surface area contributed by atoms with Gasteiger partial charge in [-0.2, -0.15) is 0 Å². The van der Waals surface area contributed by atoms with E-state index in [1.54, 1.807) is 0 Å². The fraction of sp³-hybridized carbons (Fsp3) is 0.333. The van der Waals surface area contributed by atoms with Gasteiger partial charge < -0.3 is 0 Å². The van der Waals surface area contributed by atoms with Crippen LogP contribution in [-0.4, -0.2) is 18.0 Å². The molecule has 3 rings (SSSR count). The molecule has 0 aliphatic carbocycles. The average Bonchev–Trinajstić information content (AvgIpc) is 3.01. The van der Waals surface area contributed by atoms with Crippen molar-refractivity contribution < 1.29 is 0 Å². The maximum Gasteiger partial charge on any atom is 0.0708 e. The molecule has 0 atom stereocenters. The monoisotopic (exact) mass is 321 g/mol. The molecule has 0 unspecified atom stereocenters. The summed E-state index contributed by atoms with van der Waals surface area (Å²) in [4.78, 5) is 4.04. The summed E-state index contributed by atoms with van der Waals surface area (Å²) in [6.45, 7) is 3.61. The van der Waals surface area contributed by atoms with Crippen LogP contribution >= 0.6 is 27.3 Å². The molecular weight excluding hydrogens is 306 g/mol. The zero-order chi connectivity index (χ0) is 12.4. The molecule has 3 heteroatoms. The SMILES string of the molecule is Brc1cc(-c2ccccc2)c(CN2CCCC2)s1. The maximum atomic E-state index is 3.63. The number of hydrogen-bond donors (Lipinski definition) is 0. The lowest BCUT2D eigenvalue weighted by Crippen LogP contribution is -2.17. The Kier molecular flexibility index (Phi) is 3.83. The van der Waals surface area contributed by atoms with Gasteiger partial charge in [-0.1, -0.05) is 30.3 Å². The van der Waals surface area contributed by atoms with Crippen LogP contribution in [0.5, 0.6) is 0 Å². The summed E-state index contributed by atoms with van der Waals surface area (Å²) >= 11 is 5.50. The normalized spacial score (nSPS) is 16.3. The van der Waals surface area contributed by atoms with Crippen LogP contribution < -0.4 is 0 Å². The first-order chi connectivity index (χ1) is 8.83. The molecule has 2 aromatic rings. The summed E-state index contributed by atoms with van der Waals surface area (Å²) in [7, 11) is 0. The van der Waals surface area contributed by atoms with Crippen molar-refractivity contribution in [3.63, 3.8) is 0 Å². The standard InChI is InChI=1S/C15H16BrNS/c16-15-10-13(12-6-2-1-3-7-12)14(18-15)11-17-8-4-5-9-17/h1-3,6-7,10H,4-5,8-9,11H2. The van der Waals surface area contributed by atoms with E-state index in [1.165, 1.54) is 45.7 Å². The predicted octanol–water partition coefficient (Wildman–Crippen LogP) is 4.77. The molecule has 1 aliphatic heterocycles. The summed E-state index contributed by atoms with van der Waals surface area (Å²) in [5, 5.41) is 0. The second-order valence-electron chi connectivity index (χ2n) is 4.74. The lowest BCUT2D eigenvalue weighted by atomic mass is 10.1. The van der Waals surface area contributed by atoms with Crippen LogP contribution in [0, 0.1) is 0 Å². The van der Waals surface area contributed by atoms with Crippen molar-refractivity contribution in [2.45, 2.75) is 19.4 Å². The van der Waals surface area contributed by atoms with Gasteiger partial charge in [0.25, 0.3) is 0 Å². The highest BCUT2D eigenvalue weighted by molar-refractivity contribution is 9.11. The lowest BCUT2D eigenvalue weighted by Gasteiger charge is -2.14. The van der Waals surface area contributed by atoms with Gasteiger partial charge in [-0.3, -0.25) is 4.90 Å². The lowest BCUT2D eigenvalue weighted by molar-refractivity contribution is 0.335. The Morgan fingerprint density at radius 2 is 1.83 bits per heavy atom. The molecule has 1 fully saturated rings. The summed E-state index contributed by atoms with van der Waals surface area (Å²) in [6.07, 6.45) is 2.71. The van der Waals surface area contributed by atoms with Gasteiger partial charge in [0.1, 0.15) is 0 Å². The highest BCUT2D eigenvalue weighted by Crippen LogP contribution is 2.35. The van der Waals surface area contributed by atoms with Crippen LogP contribution in [0.25, 0.3) is 11.1 Å². The second-order valence-corrected chi connectivity index (χ2v) is 7.25. The Morgan fingerprint density at radius 1 is 1.11 bits per heavy atom. The fourth-order valence-electron chi connectivity index (χ4n) is 2.52. The summed E-state index contributed by atoms with van der Waals surface area (Å²) in [6, 6.07) is 12.9. The first-order valence-electron chi connectivity index (χ1n) is 6.39. The summed E-state index contributed by atoms with van der Waals surface area (Å²) < 4.78 is 1.23. The smallest absolute Gasteiger partial charge is 0.0708 e. The highest BCUT2D eigenvalue weighted by atomic mass is 79.9. The Bertz CT molecular complexity index is 515. The van der Waals surface area contributed by atoms with Gasteiger partial charge in [-0.15, -0.1) is 11.3 Å². The molecule has 18 heavy (non-hydrogen) atoms. The van der Waals surface area contributed by atoms with Crippen molar-refractivity contribution in [3.05, 3.63) is 45.1 Å². The van der Waals surface area contributed by atoms with Gasteiger partial charge in [0.15, 0.2) is 0 Å².